The lowest BCUT2D eigenvalue weighted by Gasteiger charge is -2.11. The number of fused-ring (bicyclic) bond motifs is 1. The van der Waals surface area contributed by atoms with E-state index in [4.69, 9.17) is 19.3 Å². The summed E-state index contributed by atoms with van der Waals surface area (Å²) in [6.07, 6.45) is 0. The quantitative estimate of drug-likeness (QED) is 0.482. The largest absolute Gasteiger partial charge is 0.496 e. The highest BCUT2D eigenvalue weighted by molar-refractivity contribution is 7.89. The first-order valence-electron chi connectivity index (χ1n) is 8.38. The van der Waals surface area contributed by atoms with Crippen molar-refractivity contribution < 1.29 is 27.4 Å². The fourth-order valence-corrected chi connectivity index (χ4v) is 3.16. The molecule has 0 atom stereocenters. The van der Waals surface area contributed by atoms with Gasteiger partial charge in [0.15, 0.2) is 0 Å². The monoisotopic (exact) mass is 401 g/mol. The molecule has 146 valence electrons. The molecule has 0 bridgehead atoms. The molecule has 0 saturated heterocycles. The van der Waals surface area contributed by atoms with Gasteiger partial charge in [0.1, 0.15) is 30.3 Å². The minimum atomic E-state index is -3.75. The van der Waals surface area contributed by atoms with Crippen LogP contribution in [0.1, 0.15) is 10.4 Å². The lowest BCUT2D eigenvalue weighted by Crippen LogP contribution is -2.14. The van der Waals surface area contributed by atoms with Gasteiger partial charge in [-0.05, 0) is 47.2 Å². The van der Waals surface area contributed by atoms with Gasteiger partial charge in [0, 0.05) is 0 Å². The number of ether oxygens (including phenoxy) is 3. The Morgan fingerprint density at radius 3 is 2.21 bits per heavy atom. The summed E-state index contributed by atoms with van der Waals surface area (Å²) in [5.74, 6) is 0.353. The summed E-state index contributed by atoms with van der Waals surface area (Å²) >= 11 is 0. The summed E-state index contributed by atoms with van der Waals surface area (Å²) in [7, 11) is -2.25. The van der Waals surface area contributed by atoms with E-state index in [-0.39, 0.29) is 18.1 Å². The van der Waals surface area contributed by atoms with E-state index in [9.17, 15) is 13.2 Å². The summed E-state index contributed by atoms with van der Waals surface area (Å²) < 4.78 is 38.4. The number of benzene rings is 3. The second kappa shape index (κ2) is 8.28. The lowest BCUT2D eigenvalue weighted by atomic mass is 10.1. The maximum Gasteiger partial charge on any atom is 0.342 e. The number of carbonyl (C=O) groups is 1. The van der Waals surface area contributed by atoms with Crippen LogP contribution in [0.5, 0.6) is 11.5 Å². The van der Waals surface area contributed by atoms with E-state index in [2.05, 4.69) is 0 Å². The van der Waals surface area contributed by atoms with Crippen LogP contribution in [0.25, 0.3) is 10.8 Å². The number of hydrogen-bond acceptors (Lipinski definition) is 6. The maximum absolute atomic E-state index is 12.4. The molecular weight excluding hydrogens is 382 g/mol. The summed E-state index contributed by atoms with van der Waals surface area (Å²) in [6, 6.07) is 16.8. The Hall–Kier alpha value is -3.10. The first-order chi connectivity index (χ1) is 13.4. The van der Waals surface area contributed by atoms with Crippen LogP contribution in [-0.4, -0.2) is 34.7 Å². The first-order valence-corrected chi connectivity index (χ1v) is 9.92. The zero-order chi connectivity index (χ0) is 20.1. The molecule has 3 aromatic rings. The van der Waals surface area contributed by atoms with Crippen molar-refractivity contribution in [2.24, 2.45) is 5.14 Å². The van der Waals surface area contributed by atoms with Gasteiger partial charge >= 0.3 is 5.97 Å². The minimum absolute atomic E-state index is 0.00493. The number of methoxy groups -OCH3 is 1. The average Bonchev–Trinajstić information content (AvgIpc) is 2.69. The Labute approximate surface area is 162 Å². The Bertz CT molecular complexity index is 1090. The van der Waals surface area contributed by atoms with Crippen LogP contribution < -0.4 is 14.6 Å². The van der Waals surface area contributed by atoms with Gasteiger partial charge in [-0.15, -0.1) is 0 Å². The molecule has 7 nitrogen and oxygen atoms in total. The zero-order valence-electron chi connectivity index (χ0n) is 15.1. The van der Waals surface area contributed by atoms with Gasteiger partial charge in [-0.2, -0.15) is 0 Å². The minimum Gasteiger partial charge on any atom is -0.496 e. The summed E-state index contributed by atoms with van der Waals surface area (Å²) in [5, 5.41) is 6.90. The Morgan fingerprint density at radius 2 is 1.61 bits per heavy atom. The van der Waals surface area contributed by atoms with Gasteiger partial charge < -0.3 is 14.2 Å². The van der Waals surface area contributed by atoms with Crippen LogP contribution in [0.3, 0.4) is 0 Å². The highest BCUT2D eigenvalue weighted by Gasteiger charge is 2.15. The summed E-state index contributed by atoms with van der Waals surface area (Å²) in [4.78, 5) is 12.4. The molecule has 0 amide bonds. The number of carbonyl (C=O) groups excluding carboxylic acids is 1. The molecule has 0 aromatic heterocycles. The summed E-state index contributed by atoms with van der Waals surface area (Å²) in [5.41, 5.74) is 0.332. The van der Waals surface area contributed by atoms with E-state index in [1.54, 1.807) is 12.1 Å². The van der Waals surface area contributed by atoms with E-state index in [0.29, 0.717) is 17.1 Å². The molecule has 0 unspecified atom stereocenters. The molecule has 0 saturated carbocycles. The van der Waals surface area contributed by atoms with E-state index in [1.807, 2.05) is 24.3 Å². The third-order valence-corrected chi connectivity index (χ3v) is 4.95. The lowest BCUT2D eigenvalue weighted by molar-refractivity contribution is 0.0447. The number of rotatable bonds is 7. The number of hydrogen-bond donors (Lipinski definition) is 1. The molecule has 0 spiro atoms. The van der Waals surface area contributed by atoms with Crippen molar-refractivity contribution >= 4 is 26.8 Å². The Morgan fingerprint density at radius 1 is 0.964 bits per heavy atom. The molecule has 0 aliphatic rings. The Balaban J connectivity index is 1.59. The van der Waals surface area contributed by atoms with Crippen LogP contribution in [0.2, 0.25) is 0 Å². The standard InChI is InChI=1S/C20H19NO6S/c1-25-19-13-15-5-3-2-4-14(15)12-18(19)20(22)27-11-10-26-16-6-8-17(9-7-16)28(21,23)24/h2-9,12-13H,10-11H2,1H3,(H2,21,23,24). The molecular formula is C20H19NO6S. The van der Waals surface area contributed by atoms with Crippen molar-refractivity contribution in [1.82, 2.24) is 0 Å². The molecule has 3 aromatic carbocycles. The van der Waals surface area contributed by atoms with E-state index in [1.165, 1.54) is 31.4 Å². The van der Waals surface area contributed by atoms with Crippen LogP contribution in [0, 0.1) is 0 Å². The van der Waals surface area contributed by atoms with Gasteiger partial charge in [-0.3, -0.25) is 0 Å². The van der Waals surface area contributed by atoms with E-state index >= 15 is 0 Å². The van der Waals surface area contributed by atoms with E-state index in [0.717, 1.165) is 10.8 Å². The van der Waals surface area contributed by atoms with Gasteiger partial charge in [0.2, 0.25) is 10.0 Å². The highest BCUT2D eigenvalue weighted by Crippen LogP contribution is 2.26. The third-order valence-electron chi connectivity index (χ3n) is 4.03. The number of sulfonamides is 1. The van der Waals surface area contributed by atoms with Gasteiger partial charge in [-0.25, -0.2) is 18.4 Å². The molecule has 3 rings (SSSR count). The predicted molar refractivity (Wildman–Crippen MR) is 104 cm³/mol. The van der Waals surface area contributed by atoms with Crippen molar-refractivity contribution in [2.75, 3.05) is 20.3 Å². The molecule has 8 heteroatoms. The van der Waals surface area contributed by atoms with Gasteiger partial charge in [0.25, 0.3) is 0 Å². The van der Waals surface area contributed by atoms with Gasteiger partial charge in [0.05, 0.1) is 12.0 Å². The molecule has 0 fully saturated rings. The van der Waals surface area contributed by atoms with Crippen LogP contribution in [0.15, 0.2) is 65.6 Å². The predicted octanol–water partition coefficient (Wildman–Crippen LogP) is 2.73. The zero-order valence-corrected chi connectivity index (χ0v) is 15.9. The van der Waals surface area contributed by atoms with Crippen LogP contribution in [0.4, 0.5) is 0 Å². The Kier molecular flexibility index (Phi) is 5.81. The second-order valence-electron chi connectivity index (χ2n) is 5.90. The smallest absolute Gasteiger partial charge is 0.342 e. The van der Waals surface area contributed by atoms with Gasteiger partial charge in [-0.1, -0.05) is 24.3 Å². The normalized spacial score (nSPS) is 11.2. The fraction of sp³-hybridized carbons (Fsp3) is 0.150. The van der Waals surface area contributed by atoms with E-state index < -0.39 is 16.0 Å². The van der Waals surface area contributed by atoms with Crippen molar-refractivity contribution in [2.45, 2.75) is 4.90 Å². The number of esters is 1. The molecule has 0 radical (unpaired) electrons. The average molecular weight is 401 g/mol. The van der Waals surface area contributed by atoms with Crippen molar-refractivity contribution in [3.8, 4) is 11.5 Å². The summed E-state index contributed by atoms with van der Waals surface area (Å²) in [6.45, 7) is 0.127. The SMILES string of the molecule is COc1cc2ccccc2cc1C(=O)OCCOc1ccc(S(N)(=O)=O)cc1. The van der Waals surface area contributed by atoms with Crippen LogP contribution in [-0.2, 0) is 14.8 Å². The molecule has 0 heterocycles. The fourth-order valence-electron chi connectivity index (χ4n) is 2.64. The first kappa shape index (κ1) is 19.7. The van der Waals surface area contributed by atoms with Crippen LogP contribution >= 0.6 is 0 Å². The third kappa shape index (κ3) is 4.59. The second-order valence-corrected chi connectivity index (χ2v) is 7.46. The highest BCUT2D eigenvalue weighted by atomic mass is 32.2. The molecule has 0 aliphatic heterocycles. The van der Waals surface area contributed by atoms with Crippen molar-refractivity contribution in [3.05, 3.63) is 66.2 Å². The van der Waals surface area contributed by atoms with Crippen molar-refractivity contribution in [3.63, 3.8) is 0 Å². The van der Waals surface area contributed by atoms with Crippen molar-refractivity contribution in [1.29, 1.82) is 0 Å². The molecule has 28 heavy (non-hydrogen) atoms. The molecule has 2 N–H and O–H groups in total. The maximum atomic E-state index is 12.4. The molecule has 0 aliphatic carbocycles. The number of nitrogens with two attached hydrogens (primary N) is 1. The number of primary sulfonamides is 1. The topological polar surface area (TPSA) is 105 Å².